The first-order valence-electron chi connectivity index (χ1n) is 8.89. The Morgan fingerprint density at radius 3 is 2.12 bits per heavy atom. The molecule has 1 saturated heterocycles. The number of esters is 1. The van der Waals surface area contributed by atoms with Crippen LogP contribution in [-0.4, -0.2) is 39.5 Å². The highest BCUT2D eigenvalue weighted by atomic mass is 28.3. The minimum absolute atomic E-state index is 0.378. The first-order chi connectivity index (χ1) is 11.8. The number of ether oxygens (including phenoxy) is 1. The van der Waals surface area contributed by atoms with Gasteiger partial charge in [-0.2, -0.15) is 0 Å². The van der Waals surface area contributed by atoms with E-state index in [-0.39, 0.29) is 5.97 Å². The van der Waals surface area contributed by atoms with Crippen molar-refractivity contribution in [3.8, 4) is 11.5 Å². The standard InChI is InChI=1S/C20H29BO4Si/c1-14-16(18(22)23-6)12-15(10-11-26(7,8)9)13-17(14)21-24-19(2,3)20(4,5)25-21/h12-13H,1-9H3. The molecule has 0 N–H and O–H groups in total. The molecule has 0 saturated carbocycles. The number of hydrogen-bond donors (Lipinski definition) is 0. The molecule has 0 atom stereocenters. The van der Waals surface area contributed by atoms with E-state index in [4.69, 9.17) is 14.0 Å². The first kappa shape index (κ1) is 20.8. The van der Waals surface area contributed by atoms with Crippen molar-refractivity contribution in [1.82, 2.24) is 0 Å². The normalized spacial score (nSPS) is 18.3. The van der Waals surface area contributed by atoms with E-state index in [0.29, 0.717) is 5.56 Å². The van der Waals surface area contributed by atoms with Gasteiger partial charge in [-0.25, -0.2) is 4.79 Å². The second-order valence-electron chi connectivity index (χ2n) is 8.82. The molecule has 0 bridgehead atoms. The van der Waals surface area contributed by atoms with E-state index in [2.05, 4.69) is 31.1 Å². The Morgan fingerprint density at radius 1 is 1.12 bits per heavy atom. The van der Waals surface area contributed by atoms with Gasteiger partial charge in [0.1, 0.15) is 8.07 Å². The molecule has 0 aromatic heterocycles. The third-order valence-electron chi connectivity index (χ3n) is 4.94. The number of methoxy groups -OCH3 is 1. The molecule has 0 spiro atoms. The van der Waals surface area contributed by atoms with Gasteiger partial charge in [-0.15, -0.1) is 5.54 Å². The Labute approximate surface area is 158 Å². The topological polar surface area (TPSA) is 44.8 Å². The third-order valence-corrected chi connectivity index (χ3v) is 5.82. The maximum atomic E-state index is 12.3. The zero-order valence-corrected chi connectivity index (χ0v) is 18.4. The van der Waals surface area contributed by atoms with Crippen molar-refractivity contribution in [3.05, 3.63) is 28.8 Å². The number of carbonyl (C=O) groups is 1. The van der Waals surface area contributed by atoms with Crippen LogP contribution in [0.15, 0.2) is 12.1 Å². The Bertz CT molecular complexity index is 765. The van der Waals surface area contributed by atoms with Crippen LogP contribution in [0.2, 0.25) is 19.6 Å². The van der Waals surface area contributed by atoms with Crippen LogP contribution >= 0.6 is 0 Å². The molecule has 0 unspecified atom stereocenters. The van der Waals surface area contributed by atoms with Gasteiger partial charge in [-0.05, 0) is 57.8 Å². The minimum atomic E-state index is -1.54. The summed E-state index contributed by atoms with van der Waals surface area (Å²) in [5.41, 5.74) is 5.36. The largest absolute Gasteiger partial charge is 0.495 e. The van der Waals surface area contributed by atoms with E-state index < -0.39 is 26.4 Å². The fraction of sp³-hybridized carbons (Fsp3) is 0.550. The van der Waals surface area contributed by atoms with Crippen molar-refractivity contribution >= 4 is 26.6 Å². The molecule has 1 aliphatic rings. The Kier molecular flexibility index (Phi) is 5.49. The van der Waals surface area contributed by atoms with Gasteiger partial charge in [0.25, 0.3) is 0 Å². The molecular formula is C20H29BO4Si. The molecule has 1 fully saturated rings. The lowest BCUT2D eigenvalue weighted by molar-refractivity contribution is 0.00578. The van der Waals surface area contributed by atoms with Gasteiger partial charge in [-0.1, -0.05) is 25.6 Å². The summed E-state index contributed by atoms with van der Waals surface area (Å²) in [6.45, 7) is 16.5. The van der Waals surface area contributed by atoms with Gasteiger partial charge in [0.15, 0.2) is 0 Å². The zero-order valence-electron chi connectivity index (χ0n) is 17.4. The van der Waals surface area contributed by atoms with Crippen LogP contribution in [0.5, 0.6) is 0 Å². The van der Waals surface area contributed by atoms with Crippen LogP contribution < -0.4 is 5.46 Å². The quantitative estimate of drug-likeness (QED) is 0.454. The van der Waals surface area contributed by atoms with Crippen molar-refractivity contribution in [2.75, 3.05) is 7.11 Å². The smallest absolute Gasteiger partial charge is 0.465 e. The number of hydrogen-bond acceptors (Lipinski definition) is 4. The Morgan fingerprint density at radius 2 is 1.65 bits per heavy atom. The molecule has 26 heavy (non-hydrogen) atoms. The summed E-state index contributed by atoms with van der Waals surface area (Å²) in [4.78, 5) is 12.3. The summed E-state index contributed by atoms with van der Waals surface area (Å²) in [6.07, 6.45) is 0. The van der Waals surface area contributed by atoms with Gasteiger partial charge in [-0.3, -0.25) is 0 Å². The van der Waals surface area contributed by atoms with Crippen molar-refractivity contribution in [1.29, 1.82) is 0 Å². The second kappa shape index (κ2) is 6.88. The summed E-state index contributed by atoms with van der Waals surface area (Å²) in [7, 11) is -0.700. The van der Waals surface area contributed by atoms with Gasteiger partial charge in [0.2, 0.25) is 0 Å². The third kappa shape index (κ3) is 4.22. The summed E-state index contributed by atoms with van der Waals surface area (Å²) < 4.78 is 17.3. The van der Waals surface area contributed by atoms with Gasteiger partial charge < -0.3 is 14.0 Å². The summed E-state index contributed by atoms with van der Waals surface area (Å²) in [6, 6.07) is 3.76. The van der Waals surface area contributed by atoms with E-state index in [9.17, 15) is 4.79 Å². The first-order valence-corrected chi connectivity index (χ1v) is 12.4. The predicted molar refractivity (Wildman–Crippen MR) is 108 cm³/mol. The minimum Gasteiger partial charge on any atom is -0.465 e. The van der Waals surface area contributed by atoms with Crippen LogP contribution in [0, 0.1) is 18.4 Å². The highest BCUT2D eigenvalue weighted by Gasteiger charge is 2.52. The molecule has 1 aliphatic heterocycles. The van der Waals surface area contributed by atoms with E-state index in [1.807, 2.05) is 40.7 Å². The molecule has 0 aliphatic carbocycles. The molecule has 6 heteroatoms. The fourth-order valence-electron chi connectivity index (χ4n) is 2.61. The van der Waals surface area contributed by atoms with Crippen LogP contribution in [-0.2, 0) is 14.0 Å². The molecule has 4 nitrogen and oxygen atoms in total. The Hall–Kier alpha value is -1.55. The van der Waals surface area contributed by atoms with Gasteiger partial charge in [0, 0.05) is 5.56 Å². The fourth-order valence-corrected chi connectivity index (χ4v) is 3.12. The lowest BCUT2D eigenvalue weighted by Crippen LogP contribution is -2.41. The summed E-state index contributed by atoms with van der Waals surface area (Å²) >= 11 is 0. The molecular weight excluding hydrogens is 343 g/mol. The highest BCUT2D eigenvalue weighted by molar-refractivity contribution is 6.83. The van der Waals surface area contributed by atoms with E-state index in [0.717, 1.165) is 16.6 Å². The number of carbonyl (C=O) groups excluding carboxylic acids is 1. The predicted octanol–water partition coefficient (Wildman–Crippen LogP) is 3.31. The van der Waals surface area contributed by atoms with Crippen molar-refractivity contribution < 1.29 is 18.8 Å². The second-order valence-corrected chi connectivity index (χ2v) is 13.6. The SMILES string of the molecule is COC(=O)c1cc(C#C[Si](C)(C)C)cc(B2OC(C)(C)C(C)(C)O2)c1C. The van der Waals surface area contributed by atoms with Gasteiger partial charge in [0.05, 0.1) is 23.9 Å². The van der Waals surface area contributed by atoms with Crippen LogP contribution in [0.4, 0.5) is 0 Å². The molecule has 1 aromatic rings. The van der Waals surface area contributed by atoms with Crippen LogP contribution in [0.3, 0.4) is 0 Å². The maximum Gasteiger partial charge on any atom is 0.495 e. The molecule has 1 heterocycles. The van der Waals surface area contributed by atoms with Crippen molar-refractivity contribution in [2.24, 2.45) is 0 Å². The van der Waals surface area contributed by atoms with Crippen LogP contribution in [0.25, 0.3) is 0 Å². The number of benzene rings is 1. The highest BCUT2D eigenvalue weighted by Crippen LogP contribution is 2.36. The monoisotopic (exact) mass is 372 g/mol. The average Bonchev–Trinajstić information content (AvgIpc) is 2.72. The maximum absolute atomic E-state index is 12.3. The van der Waals surface area contributed by atoms with E-state index in [1.165, 1.54) is 7.11 Å². The van der Waals surface area contributed by atoms with Crippen molar-refractivity contribution in [2.45, 2.75) is 65.5 Å². The summed E-state index contributed by atoms with van der Waals surface area (Å²) in [5.74, 6) is 2.85. The molecule has 2 rings (SSSR count). The molecule has 0 amide bonds. The van der Waals surface area contributed by atoms with Gasteiger partial charge >= 0.3 is 13.1 Å². The molecule has 140 valence electrons. The lowest BCUT2D eigenvalue weighted by atomic mass is 9.74. The average molecular weight is 372 g/mol. The molecule has 0 radical (unpaired) electrons. The summed E-state index contributed by atoms with van der Waals surface area (Å²) in [5, 5.41) is 0. The number of rotatable bonds is 2. The van der Waals surface area contributed by atoms with E-state index >= 15 is 0 Å². The lowest BCUT2D eigenvalue weighted by Gasteiger charge is -2.32. The van der Waals surface area contributed by atoms with E-state index in [1.54, 1.807) is 6.07 Å². The zero-order chi connectivity index (χ0) is 19.9. The molecule has 1 aromatic carbocycles. The van der Waals surface area contributed by atoms with Crippen LogP contribution in [0.1, 0.15) is 49.2 Å². The van der Waals surface area contributed by atoms with Crippen molar-refractivity contribution in [3.63, 3.8) is 0 Å². The Balaban J connectivity index is 2.58.